The van der Waals surface area contributed by atoms with Crippen LogP contribution in [0.5, 0.6) is 0 Å². The maximum Gasteiger partial charge on any atom is -0.0398 e. The molecular weight excluding hydrogens is 120 g/mol. The molecule has 0 amide bonds. The molecule has 0 aliphatic rings. The lowest BCUT2D eigenvalue weighted by atomic mass is 10.2. The zero-order chi connectivity index (χ0) is 7.98. The molecule has 1 radical (unpaired) electrons. The van der Waals surface area contributed by atoms with E-state index in [2.05, 4.69) is 45.0 Å². The molecule has 55 valence electrons. The minimum atomic E-state index is 1.33. The Kier molecular flexibility index (Phi) is 4.65. The van der Waals surface area contributed by atoms with E-state index in [4.69, 9.17) is 0 Å². The molecule has 0 spiro atoms. The second kappa shape index (κ2) is 5.04. The van der Waals surface area contributed by atoms with Crippen LogP contribution in [0, 0.1) is 20.8 Å². The Labute approximate surface area is 63.9 Å². The summed E-state index contributed by atoms with van der Waals surface area (Å²) in [7, 11) is 0. The fourth-order valence-electron chi connectivity index (χ4n) is 0.637. The first-order valence-electron chi connectivity index (χ1n) is 3.53. The smallest absolute Gasteiger partial charge is 0.0398 e. The van der Waals surface area contributed by atoms with Crippen molar-refractivity contribution < 1.29 is 0 Å². The highest BCUT2D eigenvalue weighted by Crippen LogP contribution is 1.99. The van der Waals surface area contributed by atoms with Crippen LogP contribution < -0.4 is 0 Å². The molecule has 0 unspecified atom stereocenters. The maximum atomic E-state index is 3.25. The highest BCUT2D eigenvalue weighted by atomic mass is 13.9. The molecule has 0 aliphatic carbocycles. The first-order chi connectivity index (χ1) is 4.79. The van der Waals surface area contributed by atoms with Crippen molar-refractivity contribution in [2.75, 3.05) is 0 Å². The monoisotopic (exact) mass is 135 g/mol. The largest absolute Gasteiger partial charge is 0.0654 e. The first-order valence-corrected chi connectivity index (χ1v) is 3.53. The standard InChI is InChI=1S/C8H10.C2H5/c1-7-3-5-8(2)6-4-7;1-2/h3-6H,1-2H3;1H2,2H3. The number of aryl methyl sites for hydroxylation is 2. The Balaban J connectivity index is 0.000000371. The van der Waals surface area contributed by atoms with Gasteiger partial charge in [-0.25, -0.2) is 0 Å². The summed E-state index contributed by atoms with van der Waals surface area (Å²) >= 11 is 0. The van der Waals surface area contributed by atoms with E-state index in [1.807, 2.05) is 0 Å². The molecule has 0 fully saturated rings. The Morgan fingerprint density at radius 3 is 1.20 bits per heavy atom. The van der Waals surface area contributed by atoms with Gasteiger partial charge >= 0.3 is 0 Å². The summed E-state index contributed by atoms with van der Waals surface area (Å²) in [6.07, 6.45) is 0. The lowest BCUT2D eigenvalue weighted by Gasteiger charge is -1.90. The van der Waals surface area contributed by atoms with Crippen molar-refractivity contribution in [3.05, 3.63) is 42.3 Å². The molecule has 0 bridgehead atoms. The Morgan fingerprint density at radius 2 is 1.00 bits per heavy atom. The molecule has 0 heterocycles. The highest BCUT2D eigenvalue weighted by molar-refractivity contribution is 5.19. The number of hydrogen-bond acceptors (Lipinski definition) is 0. The van der Waals surface area contributed by atoms with E-state index >= 15 is 0 Å². The maximum absolute atomic E-state index is 3.25. The normalized spacial score (nSPS) is 8.00. The van der Waals surface area contributed by atoms with Crippen LogP contribution in [0.4, 0.5) is 0 Å². The summed E-state index contributed by atoms with van der Waals surface area (Å²) in [6, 6.07) is 8.48. The van der Waals surface area contributed by atoms with Crippen LogP contribution in [-0.2, 0) is 0 Å². The highest BCUT2D eigenvalue weighted by Gasteiger charge is 1.79. The van der Waals surface area contributed by atoms with Crippen LogP contribution in [0.25, 0.3) is 0 Å². The second-order valence-electron chi connectivity index (χ2n) is 2.15. The van der Waals surface area contributed by atoms with Crippen LogP contribution in [0.2, 0.25) is 0 Å². The average molecular weight is 135 g/mol. The molecule has 1 aromatic carbocycles. The van der Waals surface area contributed by atoms with Crippen LogP contribution in [0.15, 0.2) is 24.3 Å². The molecule has 1 rings (SSSR count). The molecule has 0 aliphatic heterocycles. The van der Waals surface area contributed by atoms with E-state index in [9.17, 15) is 0 Å². The Hall–Kier alpha value is -0.780. The number of benzene rings is 1. The molecule has 0 nitrogen and oxygen atoms in total. The van der Waals surface area contributed by atoms with Crippen LogP contribution in [0.3, 0.4) is 0 Å². The van der Waals surface area contributed by atoms with Crippen molar-refractivity contribution in [2.24, 2.45) is 0 Å². The average Bonchev–Trinajstić information content (AvgIpc) is 2.00. The minimum absolute atomic E-state index is 1.33. The molecule has 0 saturated carbocycles. The van der Waals surface area contributed by atoms with Gasteiger partial charge in [0.1, 0.15) is 0 Å². The van der Waals surface area contributed by atoms with E-state index in [0.29, 0.717) is 0 Å². The van der Waals surface area contributed by atoms with Gasteiger partial charge in [0.05, 0.1) is 0 Å². The summed E-state index contributed by atoms with van der Waals surface area (Å²) in [6.45, 7) is 9.19. The SMILES string of the molecule is Cc1ccc(C)cc1.[CH2]C. The summed E-state index contributed by atoms with van der Waals surface area (Å²) in [5.41, 5.74) is 2.66. The molecule has 0 N–H and O–H groups in total. The van der Waals surface area contributed by atoms with Crippen molar-refractivity contribution >= 4 is 0 Å². The third kappa shape index (κ3) is 3.29. The zero-order valence-corrected chi connectivity index (χ0v) is 7.02. The van der Waals surface area contributed by atoms with Gasteiger partial charge in [-0.05, 0) is 13.8 Å². The van der Waals surface area contributed by atoms with Crippen molar-refractivity contribution in [3.63, 3.8) is 0 Å². The predicted molar refractivity (Wildman–Crippen MR) is 46.9 cm³/mol. The lowest BCUT2D eigenvalue weighted by Crippen LogP contribution is -1.70. The molecule has 10 heavy (non-hydrogen) atoms. The van der Waals surface area contributed by atoms with Gasteiger partial charge in [-0.15, -0.1) is 0 Å². The third-order valence-electron chi connectivity index (χ3n) is 1.22. The molecule has 0 saturated heterocycles. The van der Waals surface area contributed by atoms with Gasteiger partial charge in [0, 0.05) is 0 Å². The number of rotatable bonds is 0. The van der Waals surface area contributed by atoms with Gasteiger partial charge in [0.2, 0.25) is 0 Å². The van der Waals surface area contributed by atoms with Crippen molar-refractivity contribution in [1.29, 1.82) is 0 Å². The van der Waals surface area contributed by atoms with Gasteiger partial charge in [-0.3, -0.25) is 0 Å². The molecule has 0 heteroatoms. The van der Waals surface area contributed by atoms with Crippen LogP contribution in [-0.4, -0.2) is 0 Å². The summed E-state index contributed by atoms with van der Waals surface area (Å²) < 4.78 is 0. The van der Waals surface area contributed by atoms with Gasteiger partial charge in [-0.2, -0.15) is 0 Å². The lowest BCUT2D eigenvalue weighted by molar-refractivity contribution is 1.40. The third-order valence-corrected chi connectivity index (χ3v) is 1.22. The number of hydrogen-bond donors (Lipinski definition) is 0. The summed E-state index contributed by atoms with van der Waals surface area (Å²) in [4.78, 5) is 0. The summed E-state index contributed by atoms with van der Waals surface area (Å²) in [5.74, 6) is 0. The van der Waals surface area contributed by atoms with Crippen molar-refractivity contribution in [1.82, 2.24) is 0 Å². The van der Waals surface area contributed by atoms with E-state index in [1.165, 1.54) is 11.1 Å². The fourth-order valence-corrected chi connectivity index (χ4v) is 0.637. The predicted octanol–water partition coefficient (Wildman–Crippen LogP) is 3.14. The van der Waals surface area contributed by atoms with Crippen molar-refractivity contribution in [3.8, 4) is 0 Å². The van der Waals surface area contributed by atoms with E-state index < -0.39 is 0 Å². The topological polar surface area (TPSA) is 0 Å². The molecule has 1 aromatic rings. The van der Waals surface area contributed by atoms with Gasteiger partial charge in [0.15, 0.2) is 0 Å². The molecule has 0 atom stereocenters. The Bertz CT molecular complexity index is 139. The van der Waals surface area contributed by atoms with E-state index in [-0.39, 0.29) is 0 Å². The first kappa shape index (κ1) is 9.22. The molecular formula is C10H15. The van der Waals surface area contributed by atoms with Gasteiger partial charge in [0.25, 0.3) is 0 Å². The quantitative estimate of drug-likeness (QED) is 0.512. The van der Waals surface area contributed by atoms with Crippen LogP contribution in [0.1, 0.15) is 18.1 Å². The minimum Gasteiger partial charge on any atom is -0.0654 e. The second-order valence-corrected chi connectivity index (χ2v) is 2.15. The molecule has 0 aromatic heterocycles. The zero-order valence-electron chi connectivity index (χ0n) is 7.02. The fraction of sp³-hybridized carbons (Fsp3) is 0.300. The van der Waals surface area contributed by atoms with E-state index in [0.717, 1.165) is 0 Å². The van der Waals surface area contributed by atoms with Gasteiger partial charge in [-0.1, -0.05) is 49.2 Å². The van der Waals surface area contributed by atoms with E-state index in [1.54, 1.807) is 6.92 Å². The van der Waals surface area contributed by atoms with Crippen molar-refractivity contribution in [2.45, 2.75) is 20.8 Å². The Morgan fingerprint density at radius 1 is 0.800 bits per heavy atom. The summed E-state index contributed by atoms with van der Waals surface area (Å²) in [5, 5.41) is 0. The van der Waals surface area contributed by atoms with Gasteiger partial charge < -0.3 is 0 Å². The van der Waals surface area contributed by atoms with Crippen LogP contribution >= 0.6 is 0 Å².